The first-order valence-electron chi connectivity index (χ1n) is 10.9. The van der Waals surface area contributed by atoms with Crippen molar-refractivity contribution in [3.05, 3.63) is 29.8 Å². The highest BCUT2D eigenvalue weighted by Crippen LogP contribution is 2.32. The highest BCUT2D eigenvalue weighted by molar-refractivity contribution is 5.30. The molecule has 1 aliphatic rings. The van der Waals surface area contributed by atoms with Crippen LogP contribution in [0.3, 0.4) is 0 Å². The molecule has 2 atom stereocenters. The number of hydrogen-bond acceptors (Lipinski definition) is 2. The van der Waals surface area contributed by atoms with E-state index < -0.39 is 0 Å². The summed E-state index contributed by atoms with van der Waals surface area (Å²) in [5, 5.41) is 0. The summed E-state index contributed by atoms with van der Waals surface area (Å²) in [7, 11) is 0. The van der Waals surface area contributed by atoms with Gasteiger partial charge >= 0.3 is 0 Å². The van der Waals surface area contributed by atoms with Gasteiger partial charge in [-0.15, -0.1) is 0 Å². The molecule has 1 aromatic rings. The maximum Gasteiger partial charge on any atom is 0.197 e. The zero-order valence-electron chi connectivity index (χ0n) is 18.3. The van der Waals surface area contributed by atoms with Gasteiger partial charge in [-0.05, 0) is 61.6 Å². The average Bonchev–Trinajstić information content (AvgIpc) is 2.62. The van der Waals surface area contributed by atoms with Crippen LogP contribution < -0.4 is 4.74 Å². The molecule has 0 radical (unpaired) electrons. The van der Waals surface area contributed by atoms with Gasteiger partial charge < -0.3 is 9.47 Å². The molecule has 2 rings (SSSR count). The van der Waals surface area contributed by atoms with Crippen molar-refractivity contribution in [3.8, 4) is 5.75 Å². The van der Waals surface area contributed by atoms with Gasteiger partial charge in [-0.25, -0.2) is 0 Å². The van der Waals surface area contributed by atoms with E-state index in [2.05, 4.69) is 52.0 Å². The summed E-state index contributed by atoms with van der Waals surface area (Å²) in [5.74, 6) is 2.91. The lowest BCUT2D eigenvalue weighted by Crippen LogP contribution is -2.26. The zero-order valence-corrected chi connectivity index (χ0v) is 18.3. The summed E-state index contributed by atoms with van der Waals surface area (Å²) in [5.41, 5.74) is 1.42. The van der Waals surface area contributed by atoms with Crippen molar-refractivity contribution < 1.29 is 9.47 Å². The van der Waals surface area contributed by atoms with E-state index in [1.165, 1.54) is 44.1 Å². The predicted octanol–water partition coefficient (Wildman–Crippen LogP) is 7.57. The number of ether oxygens (including phenoxy) is 2. The molecule has 0 spiro atoms. The summed E-state index contributed by atoms with van der Waals surface area (Å²) < 4.78 is 12.0. The Morgan fingerprint density at radius 2 is 1.46 bits per heavy atom. The quantitative estimate of drug-likeness (QED) is 0.444. The lowest BCUT2D eigenvalue weighted by Gasteiger charge is -2.26. The molecule has 1 fully saturated rings. The van der Waals surface area contributed by atoms with Crippen LogP contribution in [0.1, 0.15) is 98.5 Å². The molecule has 2 unspecified atom stereocenters. The van der Waals surface area contributed by atoms with Gasteiger partial charge in [-0.2, -0.15) is 0 Å². The Bertz CT molecular complexity index is 458. The standard InChI is InChI=1S/C22H36O2.C2H6/c1-16(2)15-22(17(3)4)19-11-13-21(14-12-19)24-18(5)23-20-9-7-6-8-10-20;1-2/h11-14,16-18,20,22H,6-10,15H2,1-5H3;1-2H3. The highest BCUT2D eigenvalue weighted by atomic mass is 16.7. The van der Waals surface area contributed by atoms with Crippen LogP contribution in [0.2, 0.25) is 0 Å². The van der Waals surface area contributed by atoms with Gasteiger partial charge in [-0.1, -0.05) is 72.9 Å². The van der Waals surface area contributed by atoms with Gasteiger partial charge in [0.25, 0.3) is 0 Å². The molecule has 0 amide bonds. The Kier molecular flexibility index (Phi) is 11.0. The van der Waals surface area contributed by atoms with Gasteiger partial charge in [0.1, 0.15) is 5.75 Å². The first-order chi connectivity index (χ1) is 12.5. The minimum Gasteiger partial charge on any atom is -0.465 e. The van der Waals surface area contributed by atoms with Crippen molar-refractivity contribution in [1.82, 2.24) is 0 Å². The average molecular weight is 363 g/mol. The van der Waals surface area contributed by atoms with Crippen LogP contribution in [0.15, 0.2) is 24.3 Å². The molecule has 2 heteroatoms. The van der Waals surface area contributed by atoms with Crippen molar-refractivity contribution in [2.75, 3.05) is 0 Å². The van der Waals surface area contributed by atoms with Crippen molar-refractivity contribution in [2.45, 2.75) is 105 Å². The summed E-state index contributed by atoms with van der Waals surface area (Å²) >= 11 is 0. The normalized spacial score (nSPS) is 17.6. The lowest BCUT2D eigenvalue weighted by atomic mass is 9.82. The van der Waals surface area contributed by atoms with E-state index in [1.54, 1.807) is 0 Å². The van der Waals surface area contributed by atoms with E-state index in [1.807, 2.05) is 20.8 Å². The van der Waals surface area contributed by atoms with Crippen LogP contribution in [-0.4, -0.2) is 12.4 Å². The van der Waals surface area contributed by atoms with Gasteiger partial charge in [0.05, 0.1) is 6.10 Å². The SMILES string of the molecule is CC.CC(C)CC(c1ccc(OC(C)OC2CCCCC2)cc1)C(C)C. The van der Waals surface area contributed by atoms with E-state index in [-0.39, 0.29) is 6.29 Å². The van der Waals surface area contributed by atoms with E-state index in [0.29, 0.717) is 17.9 Å². The molecule has 0 bridgehead atoms. The number of benzene rings is 1. The Morgan fingerprint density at radius 3 is 1.96 bits per heavy atom. The molecule has 2 nitrogen and oxygen atoms in total. The third-order valence-electron chi connectivity index (χ3n) is 5.08. The van der Waals surface area contributed by atoms with E-state index in [4.69, 9.17) is 9.47 Å². The molecule has 0 saturated heterocycles. The second-order valence-electron chi connectivity index (χ2n) is 8.13. The van der Waals surface area contributed by atoms with Gasteiger partial charge in [0, 0.05) is 0 Å². The highest BCUT2D eigenvalue weighted by Gasteiger charge is 2.19. The Labute approximate surface area is 162 Å². The van der Waals surface area contributed by atoms with Crippen molar-refractivity contribution >= 4 is 0 Å². The topological polar surface area (TPSA) is 18.5 Å². The molecule has 0 aliphatic heterocycles. The molecular weight excluding hydrogens is 320 g/mol. The van der Waals surface area contributed by atoms with Gasteiger partial charge in [0.15, 0.2) is 6.29 Å². The van der Waals surface area contributed by atoms with Gasteiger partial charge in [-0.3, -0.25) is 0 Å². The third-order valence-corrected chi connectivity index (χ3v) is 5.08. The second-order valence-corrected chi connectivity index (χ2v) is 8.13. The summed E-state index contributed by atoms with van der Waals surface area (Å²) in [6.45, 7) is 15.3. The fourth-order valence-corrected chi connectivity index (χ4v) is 3.79. The first-order valence-corrected chi connectivity index (χ1v) is 10.9. The fraction of sp³-hybridized carbons (Fsp3) is 0.750. The zero-order chi connectivity index (χ0) is 19.5. The smallest absolute Gasteiger partial charge is 0.197 e. The van der Waals surface area contributed by atoms with Crippen LogP contribution in [0.5, 0.6) is 5.75 Å². The summed E-state index contributed by atoms with van der Waals surface area (Å²) in [4.78, 5) is 0. The van der Waals surface area contributed by atoms with Crippen LogP contribution >= 0.6 is 0 Å². The molecule has 26 heavy (non-hydrogen) atoms. The van der Waals surface area contributed by atoms with E-state index in [0.717, 1.165) is 11.7 Å². The number of hydrogen-bond donors (Lipinski definition) is 0. The van der Waals surface area contributed by atoms with Crippen molar-refractivity contribution in [3.63, 3.8) is 0 Å². The molecule has 0 aromatic heterocycles. The second kappa shape index (κ2) is 12.4. The number of rotatable bonds is 8. The van der Waals surface area contributed by atoms with Crippen LogP contribution in [0.25, 0.3) is 0 Å². The largest absolute Gasteiger partial charge is 0.465 e. The Morgan fingerprint density at radius 1 is 0.885 bits per heavy atom. The molecule has 0 N–H and O–H groups in total. The monoisotopic (exact) mass is 362 g/mol. The molecule has 1 aromatic carbocycles. The molecule has 1 aliphatic carbocycles. The van der Waals surface area contributed by atoms with E-state index in [9.17, 15) is 0 Å². The lowest BCUT2D eigenvalue weighted by molar-refractivity contribution is -0.116. The van der Waals surface area contributed by atoms with Gasteiger partial charge in [0.2, 0.25) is 0 Å². The summed E-state index contributed by atoms with van der Waals surface area (Å²) in [6, 6.07) is 8.67. The molecule has 1 saturated carbocycles. The van der Waals surface area contributed by atoms with E-state index >= 15 is 0 Å². The van der Waals surface area contributed by atoms with Crippen molar-refractivity contribution in [2.24, 2.45) is 11.8 Å². The molecular formula is C24H42O2. The minimum absolute atomic E-state index is 0.171. The van der Waals surface area contributed by atoms with Crippen LogP contribution in [0.4, 0.5) is 0 Å². The fourth-order valence-electron chi connectivity index (χ4n) is 3.79. The predicted molar refractivity (Wildman–Crippen MR) is 113 cm³/mol. The first kappa shape index (κ1) is 23.0. The maximum absolute atomic E-state index is 6.04. The van der Waals surface area contributed by atoms with Crippen LogP contribution in [0, 0.1) is 11.8 Å². The third kappa shape index (κ3) is 8.12. The molecule has 0 heterocycles. The Hall–Kier alpha value is -1.02. The molecule has 150 valence electrons. The maximum atomic E-state index is 6.04. The summed E-state index contributed by atoms with van der Waals surface area (Å²) in [6.07, 6.45) is 7.73. The van der Waals surface area contributed by atoms with Crippen molar-refractivity contribution in [1.29, 1.82) is 0 Å². The van der Waals surface area contributed by atoms with Crippen LogP contribution in [-0.2, 0) is 4.74 Å². The minimum atomic E-state index is -0.171. The Balaban J connectivity index is 0.00000163.